The maximum Gasteiger partial charge on any atom is 0.257 e. The molecule has 0 unspecified atom stereocenters. The highest BCUT2D eigenvalue weighted by atomic mass is 35.5. The van der Waals surface area contributed by atoms with Crippen molar-refractivity contribution < 1.29 is 24.2 Å². The molecular formula is C67H87Cl4N17O5S3. The summed E-state index contributed by atoms with van der Waals surface area (Å²) in [7, 11) is 3.65. The third-order valence-corrected chi connectivity index (χ3v) is 20.6. The molecule has 0 spiro atoms. The van der Waals surface area contributed by atoms with Gasteiger partial charge >= 0.3 is 0 Å². The van der Waals surface area contributed by atoms with Crippen molar-refractivity contribution in [1.82, 2.24) is 64.9 Å². The van der Waals surface area contributed by atoms with Gasteiger partial charge in [0.2, 0.25) is 11.8 Å². The molecule has 2 aliphatic heterocycles. The van der Waals surface area contributed by atoms with Crippen molar-refractivity contribution in [2.75, 3.05) is 93.8 Å². The van der Waals surface area contributed by atoms with Gasteiger partial charge in [0, 0.05) is 95.6 Å². The first-order chi connectivity index (χ1) is 46.2. The summed E-state index contributed by atoms with van der Waals surface area (Å²) in [6.45, 7) is 14.1. The molecule has 5 N–H and O–H groups in total. The third kappa shape index (κ3) is 23.3. The quantitative estimate of drug-likeness (QED) is 0.0679. The maximum atomic E-state index is 12.1. The van der Waals surface area contributed by atoms with Crippen LogP contribution in [0.3, 0.4) is 0 Å². The number of hydrogen-bond donors (Lipinski definition) is 5. The third-order valence-electron chi connectivity index (χ3n) is 16.8. The first-order valence-corrected chi connectivity index (χ1v) is 36.2. The van der Waals surface area contributed by atoms with Crippen LogP contribution in [0.4, 0.5) is 21.2 Å². The van der Waals surface area contributed by atoms with E-state index in [4.69, 9.17) is 44.3 Å². The molecule has 0 bridgehead atoms. The van der Waals surface area contributed by atoms with E-state index >= 15 is 0 Å². The van der Waals surface area contributed by atoms with Crippen LogP contribution in [0.25, 0.3) is 30.6 Å². The Kier molecular flexibility index (Phi) is 30.6. The minimum absolute atomic E-state index is 0. The number of ether oxygens (including phenoxy) is 2. The Labute approximate surface area is 595 Å². The molecule has 5 fully saturated rings. The SMILES string of the molecule is CCN(CC)CC.CN1CCN(c2nccnc2OC2CCC(Nc3nc4ccccc4s3)CC2)CC1=O.CN1CCNCC1=O.Cl.Clc1nccnc1Cl.Clc1nccnc1OC1CCC(Nc2nc3ccccc3s2)CC1.OC1CCC(Nc2nc3ccccc3s2)CC1. The molecule has 5 aliphatic rings. The first-order valence-electron chi connectivity index (χ1n) is 32.6. The molecule has 3 aliphatic carbocycles. The number of halogens is 4. The molecule has 3 saturated carbocycles. The first kappa shape index (κ1) is 75.1. The van der Waals surface area contributed by atoms with Gasteiger partial charge in [0.25, 0.3) is 11.8 Å². The molecular weight excluding hydrogens is 1360 g/mol. The van der Waals surface area contributed by atoms with E-state index in [9.17, 15) is 14.7 Å². The van der Waals surface area contributed by atoms with Gasteiger partial charge in [-0.2, -0.15) is 0 Å². The monoisotopic (exact) mass is 1450 g/mol. The standard InChI is InChI=1S/C22H26N6O2S.C17H17ClN4OS.C13H16N2OS.C6H15N.C5H10N2O.C4H2Cl2N2.ClH/c1-27-12-13-28(14-19(27)29)20-21(24-11-10-23-20)30-16-8-6-15(7-9-16)25-22-26-17-4-2-3-5-18(17)31-22;18-15-16(20-10-9-19-15)23-12-7-5-11(6-8-12)21-17-22-13-3-1-2-4-14(13)24-17;16-10-7-5-9(6-8-10)14-13-15-11-3-1-2-4-12(11)17-13;1-4-7(5-2)6-3;1-7-3-2-6-4-5(7)8;5-3-4(6)8-2-1-7-3;/h2-5,10-11,15-16H,6-9,12-14H2,1H3,(H,25,26);1-4,9-12H,5-8H2,(H,21,22);1-4,9-10,16H,5-8H2,(H,14,15);4-6H2,1-3H3;6H,2-4H2,1H3;1-2H;1H. The van der Waals surface area contributed by atoms with E-state index < -0.39 is 0 Å². The van der Waals surface area contributed by atoms with Gasteiger partial charge in [-0.25, -0.2) is 44.9 Å². The minimum atomic E-state index is -0.0941. The number of rotatable bonds is 14. The highest BCUT2D eigenvalue weighted by molar-refractivity contribution is 7.22. The van der Waals surface area contributed by atoms with Gasteiger partial charge in [-0.15, -0.1) is 12.4 Å². The Balaban J connectivity index is 0.000000161. The number of nitrogens with zero attached hydrogens (tertiary/aromatic N) is 13. The zero-order valence-electron chi connectivity index (χ0n) is 54.9. The van der Waals surface area contributed by atoms with Crippen LogP contribution in [0.5, 0.6) is 11.8 Å². The van der Waals surface area contributed by atoms with Crippen LogP contribution in [0.1, 0.15) is 97.8 Å². The average molecular weight is 1450 g/mol. The van der Waals surface area contributed by atoms with Gasteiger partial charge in [0.1, 0.15) is 12.2 Å². The average Bonchev–Trinajstić information content (AvgIpc) is 1.46. The van der Waals surface area contributed by atoms with Gasteiger partial charge in [-0.1, -0.05) is 126 Å². The lowest BCUT2D eigenvalue weighted by Crippen LogP contribution is -2.49. The number of carbonyl (C=O) groups is 2. The van der Waals surface area contributed by atoms with E-state index in [-0.39, 0.29) is 52.8 Å². The summed E-state index contributed by atoms with van der Waals surface area (Å²) in [4.78, 5) is 68.8. The Morgan fingerprint density at radius 2 is 0.917 bits per heavy atom. The van der Waals surface area contributed by atoms with Gasteiger partial charge < -0.3 is 55.4 Å². The Bertz CT molecular complexity index is 3670. The molecule has 516 valence electrons. The van der Waals surface area contributed by atoms with E-state index in [1.807, 2.05) is 73.6 Å². The molecule has 96 heavy (non-hydrogen) atoms. The number of para-hydroxylation sites is 3. The van der Waals surface area contributed by atoms with Crippen LogP contribution < -0.4 is 35.6 Å². The summed E-state index contributed by atoms with van der Waals surface area (Å²) in [5, 5.41) is 26.9. The molecule has 3 aromatic carbocycles. The number of piperazine rings is 2. The van der Waals surface area contributed by atoms with Crippen molar-refractivity contribution >= 4 is 145 Å². The van der Waals surface area contributed by atoms with Gasteiger partial charge in [-0.05, 0) is 133 Å². The van der Waals surface area contributed by atoms with E-state index in [2.05, 4.69) is 110 Å². The largest absolute Gasteiger partial charge is 0.472 e. The number of aliphatic hydroxyl groups excluding tert-OH is 1. The number of carbonyl (C=O) groups excluding carboxylic acids is 2. The summed E-state index contributed by atoms with van der Waals surface area (Å²) in [5.41, 5.74) is 3.17. The van der Waals surface area contributed by atoms with Gasteiger partial charge in [0.05, 0.1) is 49.8 Å². The Morgan fingerprint density at radius 3 is 1.30 bits per heavy atom. The van der Waals surface area contributed by atoms with Crippen molar-refractivity contribution in [2.24, 2.45) is 0 Å². The smallest absolute Gasteiger partial charge is 0.257 e. The molecule has 2 amide bonds. The fourth-order valence-electron chi connectivity index (χ4n) is 11.1. The van der Waals surface area contributed by atoms with E-state index in [1.165, 1.54) is 46.1 Å². The minimum Gasteiger partial charge on any atom is -0.472 e. The van der Waals surface area contributed by atoms with Crippen LogP contribution in [-0.2, 0) is 9.59 Å². The second-order valence-corrected chi connectivity index (χ2v) is 27.6. The highest BCUT2D eigenvalue weighted by Gasteiger charge is 2.29. The van der Waals surface area contributed by atoms with Gasteiger partial charge in [-0.3, -0.25) is 9.59 Å². The molecule has 2 saturated heterocycles. The summed E-state index contributed by atoms with van der Waals surface area (Å²) in [6.07, 6.45) is 21.4. The lowest BCUT2D eigenvalue weighted by Gasteiger charge is -2.34. The molecule has 9 aromatic rings. The van der Waals surface area contributed by atoms with E-state index in [0.717, 1.165) is 129 Å². The van der Waals surface area contributed by atoms with Crippen LogP contribution in [-0.4, -0.2) is 186 Å². The summed E-state index contributed by atoms with van der Waals surface area (Å²) in [5.74, 6) is 1.91. The van der Waals surface area contributed by atoms with Crippen molar-refractivity contribution in [3.63, 3.8) is 0 Å². The van der Waals surface area contributed by atoms with E-state index in [0.29, 0.717) is 60.5 Å². The number of benzene rings is 3. The summed E-state index contributed by atoms with van der Waals surface area (Å²) >= 11 is 21.9. The molecule has 0 radical (unpaired) electrons. The number of likely N-dealkylation sites (N-methyl/N-ethyl adjacent to an activating group) is 2. The number of aliphatic hydroxyl groups is 1. The van der Waals surface area contributed by atoms with Gasteiger partial charge in [0.15, 0.2) is 36.7 Å². The normalized spacial score (nSPS) is 20.1. The fraction of sp³-hybridized carbons (Fsp3) is 0.478. The van der Waals surface area contributed by atoms with Crippen molar-refractivity contribution in [2.45, 2.75) is 134 Å². The zero-order valence-corrected chi connectivity index (χ0v) is 60.4. The predicted octanol–water partition coefficient (Wildman–Crippen LogP) is 13.3. The number of anilines is 4. The Hall–Kier alpha value is -6.65. The summed E-state index contributed by atoms with van der Waals surface area (Å²) in [6, 6.07) is 26.0. The Morgan fingerprint density at radius 1 is 0.521 bits per heavy atom. The number of aromatic nitrogens is 9. The van der Waals surface area contributed by atoms with E-state index in [1.54, 1.807) is 68.6 Å². The van der Waals surface area contributed by atoms with Crippen LogP contribution >= 0.6 is 81.2 Å². The van der Waals surface area contributed by atoms with Crippen molar-refractivity contribution in [3.05, 3.63) is 125 Å². The molecule has 8 heterocycles. The molecule has 29 heteroatoms. The van der Waals surface area contributed by atoms with Crippen LogP contribution in [0, 0.1) is 0 Å². The molecule has 14 rings (SSSR count). The van der Waals surface area contributed by atoms with Crippen LogP contribution in [0.15, 0.2) is 110 Å². The zero-order chi connectivity index (χ0) is 66.9. The second-order valence-electron chi connectivity index (χ2n) is 23.4. The van der Waals surface area contributed by atoms with Crippen LogP contribution in [0.2, 0.25) is 15.5 Å². The summed E-state index contributed by atoms with van der Waals surface area (Å²) < 4.78 is 15.8. The lowest BCUT2D eigenvalue weighted by atomic mass is 9.93. The topological polar surface area (TPSA) is 250 Å². The van der Waals surface area contributed by atoms with Crippen molar-refractivity contribution in [3.8, 4) is 11.8 Å². The molecule has 0 atom stereocenters. The lowest BCUT2D eigenvalue weighted by molar-refractivity contribution is -0.130. The maximum absolute atomic E-state index is 12.1. The highest BCUT2D eigenvalue weighted by Crippen LogP contribution is 2.35. The number of amides is 2. The predicted molar refractivity (Wildman–Crippen MR) is 394 cm³/mol. The fourth-order valence-corrected chi connectivity index (χ4v) is 14.3. The number of hydrogen-bond acceptors (Lipinski definition) is 23. The van der Waals surface area contributed by atoms with Crippen molar-refractivity contribution in [1.29, 1.82) is 0 Å². The number of fused-ring (bicyclic) bond motifs is 3. The second kappa shape index (κ2) is 39.1. The molecule has 6 aromatic heterocycles. The molecule has 22 nitrogen and oxygen atoms in total. The number of thiazole rings is 3. The number of nitrogens with one attached hydrogen (secondary N) is 4.